The summed E-state index contributed by atoms with van der Waals surface area (Å²) in [7, 11) is -0.465. The minimum absolute atomic E-state index is 0.418. The molecule has 0 unspecified atom stereocenters. The third-order valence-corrected chi connectivity index (χ3v) is 7.57. The van der Waals surface area contributed by atoms with Gasteiger partial charge in [0.15, 0.2) is 17.5 Å². The number of nitrogens with zero attached hydrogens (tertiary/aromatic N) is 3. The van der Waals surface area contributed by atoms with Crippen molar-refractivity contribution in [3.8, 4) is 45.3 Å². The lowest BCUT2D eigenvalue weighted by Crippen LogP contribution is -2.41. The minimum atomic E-state index is -0.465. The lowest BCUT2D eigenvalue weighted by Gasteiger charge is -2.32. The molecule has 6 rings (SSSR count). The Labute approximate surface area is 230 Å². The second kappa shape index (κ2) is 9.88. The fourth-order valence-electron chi connectivity index (χ4n) is 4.62. The van der Waals surface area contributed by atoms with Crippen molar-refractivity contribution in [2.24, 2.45) is 0 Å². The van der Waals surface area contributed by atoms with Gasteiger partial charge in [-0.1, -0.05) is 103 Å². The van der Waals surface area contributed by atoms with Gasteiger partial charge >= 0.3 is 7.12 Å². The van der Waals surface area contributed by atoms with Gasteiger partial charge in [0.1, 0.15) is 0 Å². The van der Waals surface area contributed by atoms with Crippen molar-refractivity contribution in [2.45, 2.75) is 38.9 Å². The molecule has 5 aromatic rings. The molecule has 0 radical (unpaired) electrons. The van der Waals surface area contributed by atoms with Gasteiger partial charge < -0.3 is 9.31 Å². The Morgan fingerprint density at radius 1 is 0.462 bits per heavy atom. The van der Waals surface area contributed by atoms with Gasteiger partial charge in [0.2, 0.25) is 0 Å². The summed E-state index contributed by atoms with van der Waals surface area (Å²) in [4.78, 5) is 14.8. The van der Waals surface area contributed by atoms with E-state index in [-0.39, 0.29) is 0 Å². The van der Waals surface area contributed by atoms with Crippen LogP contribution in [-0.4, -0.2) is 33.3 Å². The van der Waals surface area contributed by atoms with E-state index in [0.717, 1.165) is 33.3 Å². The molecule has 192 valence electrons. The van der Waals surface area contributed by atoms with E-state index in [1.54, 1.807) is 0 Å². The Kier molecular flexibility index (Phi) is 6.38. The zero-order chi connectivity index (χ0) is 27.0. The Morgan fingerprint density at radius 3 is 1.49 bits per heavy atom. The first-order valence-corrected chi connectivity index (χ1v) is 13.2. The van der Waals surface area contributed by atoms with Crippen LogP contribution in [0.2, 0.25) is 0 Å². The summed E-state index contributed by atoms with van der Waals surface area (Å²) in [6, 6.07) is 36.7. The molecule has 1 fully saturated rings. The Hall–Kier alpha value is -4.13. The minimum Gasteiger partial charge on any atom is -0.399 e. The molecule has 1 saturated heterocycles. The van der Waals surface area contributed by atoms with Gasteiger partial charge in [0, 0.05) is 16.7 Å². The van der Waals surface area contributed by atoms with Crippen LogP contribution >= 0.6 is 0 Å². The van der Waals surface area contributed by atoms with Crippen molar-refractivity contribution in [3.63, 3.8) is 0 Å². The summed E-state index contributed by atoms with van der Waals surface area (Å²) in [5.41, 5.74) is 5.09. The average molecular weight is 511 g/mol. The topological polar surface area (TPSA) is 57.1 Å². The van der Waals surface area contributed by atoms with E-state index in [1.807, 2.05) is 78.9 Å². The van der Waals surface area contributed by atoms with Gasteiger partial charge in [-0.2, -0.15) is 0 Å². The maximum atomic E-state index is 6.31. The SMILES string of the molecule is CC1(C)OB(c2cccc(-c3nc(-c4ccccc4)nc(-c4cccc(-c5ccccc5)c4)n3)c2)OC1(C)C. The Balaban J connectivity index is 1.44. The Morgan fingerprint density at radius 2 is 0.897 bits per heavy atom. The molecule has 0 saturated carbocycles. The van der Waals surface area contributed by atoms with Gasteiger partial charge in [0.05, 0.1) is 11.2 Å². The molecule has 1 aliphatic heterocycles. The number of hydrogen-bond acceptors (Lipinski definition) is 5. The number of rotatable bonds is 5. The molecular weight excluding hydrogens is 481 g/mol. The van der Waals surface area contributed by atoms with E-state index >= 15 is 0 Å². The molecule has 0 N–H and O–H groups in total. The quantitative estimate of drug-likeness (QED) is 0.242. The molecule has 39 heavy (non-hydrogen) atoms. The monoisotopic (exact) mass is 511 g/mol. The van der Waals surface area contributed by atoms with Crippen LogP contribution in [0.5, 0.6) is 0 Å². The zero-order valence-corrected chi connectivity index (χ0v) is 22.6. The largest absolute Gasteiger partial charge is 0.494 e. The van der Waals surface area contributed by atoms with Crippen molar-refractivity contribution < 1.29 is 9.31 Å². The summed E-state index contributed by atoms with van der Waals surface area (Å²) in [5.74, 6) is 1.85. The number of hydrogen-bond donors (Lipinski definition) is 0. The maximum absolute atomic E-state index is 6.31. The van der Waals surface area contributed by atoms with Crippen LogP contribution < -0.4 is 5.46 Å². The molecule has 6 heteroatoms. The highest BCUT2D eigenvalue weighted by Crippen LogP contribution is 2.37. The first-order chi connectivity index (χ1) is 18.8. The molecule has 2 heterocycles. The van der Waals surface area contributed by atoms with Crippen LogP contribution in [-0.2, 0) is 9.31 Å². The first kappa shape index (κ1) is 25.2. The smallest absolute Gasteiger partial charge is 0.399 e. The van der Waals surface area contributed by atoms with Crippen LogP contribution in [0.1, 0.15) is 27.7 Å². The van der Waals surface area contributed by atoms with E-state index in [2.05, 4.69) is 58.0 Å². The molecule has 0 amide bonds. The van der Waals surface area contributed by atoms with Crippen LogP contribution in [0.25, 0.3) is 45.3 Å². The van der Waals surface area contributed by atoms with Gasteiger partial charge in [-0.25, -0.2) is 15.0 Å². The molecule has 0 atom stereocenters. The second-order valence-electron chi connectivity index (χ2n) is 10.8. The highest BCUT2D eigenvalue weighted by Gasteiger charge is 2.51. The molecule has 1 aromatic heterocycles. The normalized spacial score (nSPS) is 15.8. The van der Waals surface area contributed by atoms with Gasteiger partial charge in [-0.3, -0.25) is 0 Å². The first-order valence-electron chi connectivity index (χ1n) is 13.2. The van der Waals surface area contributed by atoms with Crippen LogP contribution in [0.3, 0.4) is 0 Å². The molecule has 0 aliphatic carbocycles. The Bertz CT molecular complexity index is 1610. The van der Waals surface area contributed by atoms with Crippen LogP contribution in [0.4, 0.5) is 0 Å². The lowest BCUT2D eigenvalue weighted by atomic mass is 9.78. The molecule has 1 aliphatic rings. The summed E-state index contributed by atoms with van der Waals surface area (Å²) in [6.07, 6.45) is 0. The summed E-state index contributed by atoms with van der Waals surface area (Å²) in [5, 5.41) is 0. The predicted octanol–water partition coefficient (Wildman–Crippen LogP) is 6.84. The third-order valence-electron chi connectivity index (χ3n) is 7.57. The van der Waals surface area contributed by atoms with Gasteiger partial charge in [0.25, 0.3) is 0 Å². The maximum Gasteiger partial charge on any atom is 0.494 e. The molecule has 5 nitrogen and oxygen atoms in total. The van der Waals surface area contributed by atoms with Crippen molar-refractivity contribution >= 4 is 12.6 Å². The van der Waals surface area contributed by atoms with Crippen molar-refractivity contribution in [2.75, 3.05) is 0 Å². The summed E-state index contributed by atoms with van der Waals surface area (Å²) >= 11 is 0. The van der Waals surface area contributed by atoms with Crippen LogP contribution in [0.15, 0.2) is 109 Å². The van der Waals surface area contributed by atoms with Crippen LogP contribution in [0, 0.1) is 0 Å². The predicted molar refractivity (Wildman–Crippen MR) is 157 cm³/mol. The zero-order valence-electron chi connectivity index (χ0n) is 22.6. The van der Waals surface area contributed by atoms with Crippen molar-refractivity contribution in [1.29, 1.82) is 0 Å². The van der Waals surface area contributed by atoms with Crippen molar-refractivity contribution in [3.05, 3.63) is 109 Å². The lowest BCUT2D eigenvalue weighted by molar-refractivity contribution is 0.00578. The number of aromatic nitrogens is 3. The standard InChI is InChI=1S/C33H30BN3O2/c1-32(2)33(3,4)39-34(38-32)28-20-12-19-27(22-28)31-36-29(24-15-9-6-10-16-24)35-30(37-31)26-18-11-17-25(21-26)23-13-7-5-8-14-23/h5-22H,1-4H3. The fourth-order valence-corrected chi connectivity index (χ4v) is 4.62. The van der Waals surface area contributed by atoms with E-state index in [0.29, 0.717) is 17.5 Å². The molecule has 0 bridgehead atoms. The fraction of sp³-hybridized carbons (Fsp3) is 0.182. The third kappa shape index (κ3) is 5.01. The van der Waals surface area contributed by atoms with E-state index < -0.39 is 18.3 Å². The van der Waals surface area contributed by atoms with E-state index in [1.165, 1.54) is 0 Å². The molecular formula is C33H30BN3O2. The molecule has 0 spiro atoms. The number of benzene rings is 4. The summed E-state index contributed by atoms with van der Waals surface area (Å²) < 4.78 is 12.6. The van der Waals surface area contributed by atoms with Gasteiger partial charge in [-0.05, 0) is 50.4 Å². The highest BCUT2D eigenvalue weighted by atomic mass is 16.7. The van der Waals surface area contributed by atoms with E-state index in [4.69, 9.17) is 24.3 Å². The van der Waals surface area contributed by atoms with E-state index in [9.17, 15) is 0 Å². The second-order valence-corrected chi connectivity index (χ2v) is 10.8. The van der Waals surface area contributed by atoms with Crippen molar-refractivity contribution in [1.82, 2.24) is 15.0 Å². The summed E-state index contributed by atoms with van der Waals surface area (Å²) in [6.45, 7) is 8.24. The average Bonchev–Trinajstić information content (AvgIpc) is 3.20. The van der Waals surface area contributed by atoms with Gasteiger partial charge in [-0.15, -0.1) is 0 Å². The highest BCUT2D eigenvalue weighted by molar-refractivity contribution is 6.62. The molecule has 4 aromatic carbocycles.